The zero-order valence-electron chi connectivity index (χ0n) is 15.3. The van der Waals surface area contributed by atoms with Crippen molar-refractivity contribution >= 4 is 37.3 Å². The molecule has 1 aliphatic rings. The van der Waals surface area contributed by atoms with E-state index in [1.807, 2.05) is 6.92 Å². The molecule has 0 radical (unpaired) electrons. The molecule has 1 fully saturated rings. The lowest BCUT2D eigenvalue weighted by atomic mass is 10.2. The van der Waals surface area contributed by atoms with Crippen molar-refractivity contribution in [3.63, 3.8) is 0 Å². The Morgan fingerprint density at radius 3 is 2.21 bits per heavy atom. The van der Waals surface area contributed by atoms with Gasteiger partial charge in [-0.15, -0.1) is 0 Å². The van der Waals surface area contributed by atoms with Gasteiger partial charge in [-0.1, -0.05) is 6.92 Å². The Hall–Kier alpha value is -2.59. The normalized spacial score (nSPS) is 18.9. The van der Waals surface area contributed by atoms with Crippen LogP contribution in [0.25, 0.3) is 0 Å². The van der Waals surface area contributed by atoms with Crippen LogP contribution in [-0.2, 0) is 24.8 Å². The lowest BCUT2D eigenvalue weighted by molar-refractivity contribution is -0.119. The lowest BCUT2D eigenvalue weighted by Gasteiger charge is -2.16. The van der Waals surface area contributed by atoms with Gasteiger partial charge >= 0.3 is 0 Å². The summed E-state index contributed by atoms with van der Waals surface area (Å²) < 4.78 is 57.9. The summed E-state index contributed by atoms with van der Waals surface area (Å²) in [6.45, 7) is 3.90. The molecule has 1 N–H and O–H groups in total. The van der Waals surface area contributed by atoms with Crippen molar-refractivity contribution in [2.24, 2.45) is 5.92 Å². The Balaban J connectivity index is 1.81. The Morgan fingerprint density at radius 2 is 1.71 bits per heavy atom. The number of carbonyl (C=O) groups is 1. The number of nitrogens with zero attached hydrogens (tertiary/aromatic N) is 1. The van der Waals surface area contributed by atoms with Crippen LogP contribution in [-0.4, -0.2) is 35.1 Å². The number of sulfonamides is 2. The first kappa shape index (κ1) is 20.2. The Bertz CT molecular complexity index is 1080. The molecule has 10 heteroatoms. The fraction of sp³-hybridized carbons (Fsp3) is 0.278. The number of ether oxygens (including phenoxy) is 1. The zero-order chi connectivity index (χ0) is 20.5. The standard InChI is InChI=1S/C18H20N2O6S2/c1-3-26-16-8-4-14(5-9-16)19-28(24,25)17-10-6-15(7-11-17)20-18(21)13(2)12-27(20,22)23/h4-11,13,19H,3,12H2,1-2H3/t13-/m1/s1. The van der Waals surface area contributed by atoms with Gasteiger partial charge in [0.25, 0.3) is 10.0 Å². The second-order valence-corrected chi connectivity index (χ2v) is 9.88. The van der Waals surface area contributed by atoms with E-state index in [2.05, 4.69) is 4.72 Å². The molecule has 0 aromatic heterocycles. The van der Waals surface area contributed by atoms with Crippen LogP contribution in [0.1, 0.15) is 13.8 Å². The predicted molar refractivity (Wildman–Crippen MR) is 105 cm³/mol. The number of rotatable bonds is 6. The minimum Gasteiger partial charge on any atom is -0.494 e. The van der Waals surface area contributed by atoms with E-state index in [9.17, 15) is 21.6 Å². The molecule has 8 nitrogen and oxygen atoms in total. The van der Waals surface area contributed by atoms with Gasteiger partial charge < -0.3 is 4.74 Å². The highest BCUT2D eigenvalue weighted by Crippen LogP contribution is 2.29. The van der Waals surface area contributed by atoms with Gasteiger partial charge in [-0.05, 0) is 55.5 Å². The van der Waals surface area contributed by atoms with E-state index >= 15 is 0 Å². The van der Waals surface area contributed by atoms with Crippen molar-refractivity contribution < 1.29 is 26.4 Å². The van der Waals surface area contributed by atoms with Gasteiger partial charge in [0.1, 0.15) is 5.75 Å². The molecule has 1 heterocycles. The topological polar surface area (TPSA) is 110 Å². The van der Waals surface area contributed by atoms with Gasteiger partial charge in [0.05, 0.1) is 28.9 Å². The first-order valence-electron chi connectivity index (χ1n) is 8.56. The maximum atomic E-state index is 12.5. The summed E-state index contributed by atoms with van der Waals surface area (Å²) in [5.74, 6) is -0.788. The molecule has 1 amide bonds. The SMILES string of the molecule is CCOc1ccc(NS(=O)(=O)c2ccc(N3C(=O)[C@H](C)CS3(=O)=O)cc2)cc1. The van der Waals surface area contributed by atoms with Gasteiger partial charge in [0.2, 0.25) is 15.9 Å². The summed E-state index contributed by atoms with van der Waals surface area (Å²) in [6.07, 6.45) is 0. The molecule has 2 aromatic carbocycles. The Labute approximate surface area is 164 Å². The quantitative estimate of drug-likeness (QED) is 0.761. The number of carbonyl (C=O) groups excluding carboxylic acids is 1. The molecule has 1 saturated heterocycles. The summed E-state index contributed by atoms with van der Waals surface area (Å²) in [4.78, 5) is 12.1. The van der Waals surface area contributed by atoms with Crippen molar-refractivity contribution in [3.05, 3.63) is 48.5 Å². The summed E-state index contributed by atoms with van der Waals surface area (Å²) in [5, 5.41) is 0. The van der Waals surface area contributed by atoms with E-state index in [0.717, 1.165) is 4.31 Å². The molecule has 3 rings (SSSR count). The maximum Gasteiger partial charge on any atom is 0.261 e. The number of benzene rings is 2. The van der Waals surface area contributed by atoms with Crippen LogP contribution < -0.4 is 13.8 Å². The maximum absolute atomic E-state index is 12.5. The minimum atomic E-state index is -3.88. The highest BCUT2D eigenvalue weighted by atomic mass is 32.2. The van der Waals surface area contributed by atoms with Gasteiger partial charge in [0.15, 0.2) is 0 Å². The molecule has 0 unspecified atom stereocenters. The molecule has 150 valence electrons. The van der Waals surface area contributed by atoms with Crippen LogP contribution in [0.2, 0.25) is 0 Å². The van der Waals surface area contributed by atoms with E-state index in [-0.39, 0.29) is 16.3 Å². The summed E-state index contributed by atoms with van der Waals surface area (Å²) in [5.41, 5.74) is 0.480. The van der Waals surface area contributed by atoms with Gasteiger partial charge in [-0.2, -0.15) is 0 Å². The number of hydrogen-bond donors (Lipinski definition) is 1. The molecule has 28 heavy (non-hydrogen) atoms. The third kappa shape index (κ3) is 3.97. The first-order valence-corrected chi connectivity index (χ1v) is 11.7. The van der Waals surface area contributed by atoms with E-state index in [1.54, 1.807) is 31.2 Å². The lowest BCUT2D eigenvalue weighted by Crippen LogP contribution is -2.30. The molecule has 0 aliphatic carbocycles. The Morgan fingerprint density at radius 1 is 1.11 bits per heavy atom. The summed E-state index contributed by atoms with van der Waals surface area (Å²) in [7, 11) is -7.61. The van der Waals surface area contributed by atoms with Crippen molar-refractivity contribution in [2.75, 3.05) is 21.4 Å². The van der Waals surface area contributed by atoms with E-state index in [0.29, 0.717) is 18.0 Å². The van der Waals surface area contributed by atoms with Gasteiger partial charge in [0, 0.05) is 5.69 Å². The van der Waals surface area contributed by atoms with E-state index < -0.39 is 31.9 Å². The number of nitrogens with one attached hydrogen (secondary N) is 1. The van der Waals surface area contributed by atoms with Crippen LogP contribution in [0.4, 0.5) is 11.4 Å². The van der Waals surface area contributed by atoms with Crippen LogP contribution >= 0.6 is 0 Å². The minimum absolute atomic E-state index is 0.0535. The first-order chi connectivity index (χ1) is 13.1. The van der Waals surface area contributed by atoms with Crippen molar-refractivity contribution in [1.82, 2.24) is 0 Å². The molecule has 0 saturated carbocycles. The van der Waals surface area contributed by atoms with Gasteiger partial charge in [-0.3, -0.25) is 9.52 Å². The van der Waals surface area contributed by atoms with Crippen molar-refractivity contribution in [2.45, 2.75) is 18.7 Å². The molecule has 2 aromatic rings. The number of anilines is 2. The summed E-state index contributed by atoms with van der Waals surface area (Å²) >= 11 is 0. The number of amides is 1. The predicted octanol–water partition coefficient (Wildman–Crippen LogP) is 2.20. The second kappa shape index (κ2) is 7.44. The molecular weight excluding hydrogens is 404 g/mol. The smallest absolute Gasteiger partial charge is 0.261 e. The van der Waals surface area contributed by atoms with Crippen LogP contribution in [0.3, 0.4) is 0 Å². The fourth-order valence-electron chi connectivity index (χ4n) is 2.85. The molecule has 0 bridgehead atoms. The largest absolute Gasteiger partial charge is 0.494 e. The average molecular weight is 425 g/mol. The van der Waals surface area contributed by atoms with E-state index in [1.165, 1.54) is 24.3 Å². The van der Waals surface area contributed by atoms with Crippen LogP contribution in [0, 0.1) is 5.92 Å². The molecule has 1 aliphatic heterocycles. The second-order valence-electron chi connectivity index (χ2n) is 6.34. The number of hydrogen-bond acceptors (Lipinski definition) is 6. The summed E-state index contributed by atoms with van der Waals surface area (Å²) in [6, 6.07) is 11.6. The van der Waals surface area contributed by atoms with Crippen molar-refractivity contribution in [3.8, 4) is 5.75 Å². The third-order valence-corrected chi connectivity index (χ3v) is 7.43. The van der Waals surface area contributed by atoms with Crippen LogP contribution in [0.5, 0.6) is 5.75 Å². The third-order valence-electron chi connectivity index (χ3n) is 4.16. The molecular formula is C18H20N2O6S2. The Kier molecular flexibility index (Phi) is 5.35. The average Bonchev–Trinajstić information content (AvgIpc) is 2.84. The van der Waals surface area contributed by atoms with Gasteiger partial charge in [-0.25, -0.2) is 21.1 Å². The highest BCUT2D eigenvalue weighted by molar-refractivity contribution is 7.94. The zero-order valence-corrected chi connectivity index (χ0v) is 17.0. The van der Waals surface area contributed by atoms with E-state index in [4.69, 9.17) is 4.74 Å². The monoisotopic (exact) mass is 424 g/mol. The fourth-order valence-corrected chi connectivity index (χ4v) is 5.73. The van der Waals surface area contributed by atoms with Crippen LogP contribution in [0.15, 0.2) is 53.4 Å². The molecule has 1 atom stereocenters. The molecule has 0 spiro atoms. The highest BCUT2D eigenvalue weighted by Gasteiger charge is 2.41. The van der Waals surface area contributed by atoms with Crippen molar-refractivity contribution in [1.29, 1.82) is 0 Å².